The monoisotopic (exact) mass is 223 g/mol. The number of amides is 1. The van der Waals surface area contributed by atoms with Gasteiger partial charge in [0, 0.05) is 32.2 Å². The summed E-state index contributed by atoms with van der Waals surface area (Å²) in [5, 5.41) is 7.06. The second kappa shape index (κ2) is 4.13. The van der Waals surface area contributed by atoms with Crippen molar-refractivity contribution in [3.63, 3.8) is 0 Å². The highest BCUT2D eigenvalue weighted by Gasteiger charge is 2.19. The summed E-state index contributed by atoms with van der Waals surface area (Å²) >= 11 is 0. The maximum Gasteiger partial charge on any atom is 0.234 e. The van der Waals surface area contributed by atoms with Crippen molar-refractivity contribution in [1.29, 1.82) is 0 Å². The molecular weight excluding hydrogens is 206 g/mol. The van der Waals surface area contributed by atoms with Crippen molar-refractivity contribution in [2.75, 3.05) is 25.4 Å². The molecule has 0 aromatic carbocycles. The molecule has 3 N–H and O–H groups in total. The Morgan fingerprint density at radius 2 is 2.31 bits per heavy atom. The van der Waals surface area contributed by atoms with Crippen LogP contribution in [0.2, 0.25) is 0 Å². The fourth-order valence-electron chi connectivity index (χ4n) is 1.97. The molecule has 1 aromatic rings. The summed E-state index contributed by atoms with van der Waals surface area (Å²) in [5.41, 5.74) is 7.89. The molecule has 6 heteroatoms. The number of piperazine rings is 1. The van der Waals surface area contributed by atoms with Crippen LogP contribution in [0.1, 0.15) is 11.3 Å². The van der Waals surface area contributed by atoms with Crippen LogP contribution in [0.25, 0.3) is 0 Å². The zero-order valence-electron chi connectivity index (χ0n) is 9.66. The Morgan fingerprint density at radius 1 is 1.56 bits per heavy atom. The number of aryl methyl sites for hydroxylation is 2. The third kappa shape index (κ3) is 2.01. The van der Waals surface area contributed by atoms with Gasteiger partial charge in [0.15, 0.2) is 0 Å². The molecule has 1 aliphatic heterocycles. The number of hydrogen-bond donors (Lipinski definition) is 2. The van der Waals surface area contributed by atoms with Crippen molar-refractivity contribution in [2.24, 2.45) is 7.05 Å². The maximum absolute atomic E-state index is 11.2. The lowest BCUT2D eigenvalue weighted by molar-refractivity contribution is -0.124. The van der Waals surface area contributed by atoms with Gasteiger partial charge in [-0.2, -0.15) is 5.10 Å². The Balaban J connectivity index is 2.11. The van der Waals surface area contributed by atoms with Crippen molar-refractivity contribution < 1.29 is 4.79 Å². The van der Waals surface area contributed by atoms with Crippen LogP contribution >= 0.6 is 0 Å². The quantitative estimate of drug-likeness (QED) is 0.691. The molecule has 88 valence electrons. The number of nitrogens with two attached hydrogens (primary N) is 1. The van der Waals surface area contributed by atoms with Crippen molar-refractivity contribution >= 4 is 11.7 Å². The minimum Gasteiger partial charge on any atom is -0.384 e. The number of hydrogen-bond acceptors (Lipinski definition) is 4. The first-order valence-electron chi connectivity index (χ1n) is 5.35. The summed E-state index contributed by atoms with van der Waals surface area (Å²) < 4.78 is 1.68. The highest BCUT2D eigenvalue weighted by Crippen LogP contribution is 2.17. The number of nitrogens with zero attached hydrogens (tertiary/aromatic N) is 3. The van der Waals surface area contributed by atoms with E-state index in [1.807, 2.05) is 14.0 Å². The second-order valence-corrected chi connectivity index (χ2v) is 4.13. The summed E-state index contributed by atoms with van der Waals surface area (Å²) in [6.07, 6.45) is 0. The third-order valence-electron chi connectivity index (χ3n) is 2.89. The summed E-state index contributed by atoms with van der Waals surface area (Å²) in [5.74, 6) is 0.759. The van der Waals surface area contributed by atoms with E-state index in [2.05, 4.69) is 15.3 Å². The van der Waals surface area contributed by atoms with Gasteiger partial charge < -0.3 is 11.1 Å². The maximum atomic E-state index is 11.2. The average Bonchev–Trinajstić information content (AvgIpc) is 2.45. The van der Waals surface area contributed by atoms with E-state index < -0.39 is 0 Å². The summed E-state index contributed by atoms with van der Waals surface area (Å²) in [4.78, 5) is 13.3. The molecule has 0 spiro atoms. The van der Waals surface area contributed by atoms with E-state index in [1.165, 1.54) is 0 Å². The van der Waals surface area contributed by atoms with Gasteiger partial charge in [0.1, 0.15) is 5.82 Å². The topological polar surface area (TPSA) is 76.2 Å². The number of rotatable bonds is 2. The van der Waals surface area contributed by atoms with Gasteiger partial charge in [-0.25, -0.2) is 0 Å². The van der Waals surface area contributed by atoms with Gasteiger partial charge in [-0.3, -0.25) is 14.4 Å². The van der Waals surface area contributed by atoms with Crippen LogP contribution in [0.15, 0.2) is 0 Å². The first-order valence-corrected chi connectivity index (χ1v) is 5.35. The van der Waals surface area contributed by atoms with Crippen molar-refractivity contribution in [3.8, 4) is 0 Å². The molecule has 2 rings (SSSR count). The van der Waals surface area contributed by atoms with Crippen LogP contribution in [-0.4, -0.2) is 40.2 Å². The number of carbonyl (C=O) groups excluding carboxylic acids is 1. The van der Waals surface area contributed by atoms with E-state index in [-0.39, 0.29) is 5.91 Å². The molecule has 1 amide bonds. The van der Waals surface area contributed by atoms with Crippen LogP contribution in [0.5, 0.6) is 0 Å². The predicted octanol–water partition coefficient (Wildman–Crippen LogP) is -0.757. The van der Waals surface area contributed by atoms with Crippen LogP contribution in [0.4, 0.5) is 5.82 Å². The molecule has 1 aliphatic rings. The Labute approximate surface area is 94.4 Å². The SMILES string of the molecule is Cc1nn(C)c(N)c1CN1CCNC(=O)C1. The van der Waals surface area contributed by atoms with Gasteiger partial charge in [-0.15, -0.1) is 0 Å². The minimum absolute atomic E-state index is 0.0753. The van der Waals surface area contributed by atoms with Gasteiger partial charge in [0.2, 0.25) is 5.91 Å². The lowest BCUT2D eigenvalue weighted by Crippen LogP contribution is -2.47. The summed E-state index contributed by atoms with van der Waals surface area (Å²) in [7, 11) is 1.83. The van der Waals surface area contributed by atoms with E-state index in [1.54, 1.807) is 4.68 Å². The van der Waals surface area contributed by atoms with Crippen LogP contribution in [0, 0.1) is 6.92 Å². The summed E-state index contributed by atoms with van der Waals surface area (Å²) in [6, 6.07) is 0. The number of nitrogens with one attached hydrogen (secondary N) is 1. The molecule has 1 saturated heterocycles. The molecule has 2 heterocycles. The normalized spacial score (nSPS) is 17.5. The third-order valence-corrected chi connectivity index (χ3v) is 2.89. The zero-order valence-corrected chi connectivity index (χ0v) is 9.66. The van der Waals surface area contributed by atoms with Crippen molar-refractivity contribution in [3.05, 3.63) is 11.3 Å². The average molecular weight is 223 g/mol. The van der Waals surface area contributed by atoms with E-state index in [9.17, 15) is 4.79 Å². The Bertz CT molecular complexity index is 412. The second-order valence-electron chi connectivity index (χ2n) is 4.13. The minimum atomic E-state index is 0.0753. The van der Waals surface area contributed by atoms with Crippen LogP contribution in [0.3, 0.4) is 0 Å². The van der Waals surface area contributed by atoms with Gasteiger partial charge in [-0.05, 0) is 6.92 Å². The molecule has 0 atom stereocenters. The molecule has 0 saturated carbocycles. The van der Waals surface area contributed by atoms with E-state index in [0.717, 1.165) is 17.8 Å². The Hall–Kier alpha value is -1.56. The van der Waals surface area contributed by atoms with Crippen LogP contribution < -0.4 is 11.1 Å². The van der Waals surface area contributed by atoms with E-state index >= 15 is 0 Å². The molecule has 0 bridgehead atoms. The van der Waals surface area contributed by atoms with Gasteiger partial charge >= 0.3 is 0 Å². The number of carbonyl (C=O) groups is 1. The highest BCUT2D eigenvalue weighted by atomic mass is 16.2. The van der Waals surface area contributed by atoms with Crippen LogP contribution in [-0.2, 0) is 18.4 Å². The lowest BCUT2D eigenvalue weighted by Gasteiger charge is -2.26. The molecule has 0 radical (unpaired) electrons. The largest absolute Gasteiger partial charge is 0.384 e. The van der Waals surface area contributed by atoms with Crippen molar-refractivity contribution in [1.82, 2.24) is 20.0 Å². The zero-order chi connectivity index (χ0) is 11.7. The van der Waals surface area contributed by atoms with Gasteiger partial charge in [0.25, 0.3) is 0 Å². The molecule has 6 nitrogen and oxygen atoms in total. The smallest absolute Gasteiger partial charge is 0.234 e. The fraction of sp³-hybridized carbons (Fsp3) is 0.600. The number of aromatic nitrogens is 2. The Morgan fingerprint density at radius 3 is 2.88 bits per heavy atom. The highest BCUT2D eigenvalue weighted by molar-refractivity contribution is 5.78. The number of anilines is 1. The van der Waals surface area contributed by atoms with E-state index in [4.69, 9.17) is 5.73 Å². The number of nitrogen functional groups attached to an aromatic ring is 1. The van der Waals surface area contributed by atoms with E-state index in [0.29, 0.717) is 25.5 Å². The molecule has 1 aromatic heterocycles. The molecule has 1 fully saturated rings. The predicted molar refractivity (Wildman–Crippen MR) is 60.6 cm³/mol. The molecule has 0 unspecified atom stereocenters. The first kappa shape index (κ1) is 10.9. The van der Waals surface area contributed by atoms with Gasteiger partial charge in [-0.1, -0.05) is 0 Å². The van der Waals surface area contributed by atoms with Gasteiger partial charge in [0.05, 0.1) is 12.2 Å². The molecular formula is C10H17N5O. The fourth-order valence-corrected chi connectivity index (χ4v) is 1.97. The lowest BCUT2D eigenvalue weighted by atomic mass is 10.2. The molecule has 0 aliphatic carbocycles. The van der Waals surface area contributed by atoms with Crippen molar-refractivity contribution in [2.45, 2.75) is 13.5 Å². The molecule has 16 heavy (non-hydrogen) atoms. The Kier molecular flexibility index (Phi) is 2.82. The first-order chi connectivity index (χ1) is 7.58. The summed E-state index contributed by atoms with van der Waals surface area (Å²) in [6.45, 7) is 4.64. The standard InChI is InChI=1S/C10H17N5O/c1-7-8(10(11)14(2)13-7)5-15-4-3-12-9(16)6-15/h3-6,11H2,1-2H3,(H,12,16).